The van der Waals surface area contributed by atoms with E-state index in [1.807, 2.05) is 10.7 Å². The maximum absolute atomic E-state index is 13.5. The van der Waals surface area contributed by atoms with Gasteiger partial charge in [0, 0.05) is 31.5 Å². The number of nitrogens with one attached hydrogen (secondary N) is 2. The standard InChI is InChI=1S/C18H23FN6.HI/c1-20-17(24-15-5-6-16-22-12-23-25(16)10-15)21-11-18(7-8-18)13-3-2-4-14(19)9-13;/h2-4,9,12,15H,5-8,10-11H2,1H3,(H2,20,21,24);1H. The van der Waals surface area contributed by atoms with Gasteiger partial charge in [0.15, 0.2) is 5.96 Å². The highest BCUT2D eigenvalue weighted by molar-refractivity contribution is 14.0. The molecule has 1 aliphatic heterocycles. The number of rotatable bonds is 4. The topological polar surface area (TPSA) is 67.1 Å². The molecule has 2 N–H and O–H groups in total. The third kappa shape index (κ3) is 3.99. The van der Waals surface area contributed by atoms with Crippen LogP contribution in [0.1, 0.15) is 30.7 Å². The second kappa shape index (κ2) is 7.89. The van der Waals surface area contributed by atoms with Gasteiger partial charge in [0.1, 0.15) is 18.0 Å². The fraction of sp³-hybridized carbons (Fsp3) is 0.500. The van der Waals surface area contributed by atoms with E-state index in [-0.39, 0.29) is 41.3 Å². The first kappa shape index (κ1) is 19.1. The van der Waals surface area contributed by atoms with Crippen molar-refractivity contribution in [2.45, 2.75) is 43.7 Å². The lowest BCUT2D eigenvalue weighted by Crippen LogP contribution is -2.48. The molecular formula is C18H24FIN6. The number of aromatic nitrogens is 3. The molecule has 1 fully saturated rings. The Morgan fingerprint density at radius 3 is 3.00 bits per heavy atom. The zero-order valence-corrected chi connectivity index (χ0v) is 17.1. The molecule has 0 radical (unpaired) electrons. The number of nitrogens with zero attached hydrogens (tertiary/aromatic N) is 4. The van der Waals surface area contributed by atoms with Crippen molar-refractivity contribution in [1.82, 2.24) is 25.4 Å². The molecule has 26 heavy (non-hydrogen) atoms. The number of hydrogen-bond donors (Lipinski definition) is 2. The van der Waals surface area contributed by atoms with Crippen molar-refractivity contribution in [1.29, 1.82) is 0 Å². The van der Waals surface area contributed by atoms with Gasteiger partial charge < -0.3 is 10.6 Å². The van der Waals surface area contributed by atoms with Gasteiger partial charge in [-0.15, -0.1) is 24.0 Å². The summed E-state index contributed by atoms with van der Waals surface area (Å²) in [6.07, 6.45) is 5.69. The van der Waals surface area contributed by atoms with E-state index < -0.39 is 0 Å². The summed E-state index contributed by atoms with van der Waals surface area (Å²) in [6.45, 7) is 1.56. The summed E-state index contributed by atoms with van der Waals surface area (Å²) >= 11 is 0. The number of aryl methyl sites for hydroxylation is 1. The summed E-state index contributed by atoms with van der Waals surface area (Å²) in [5, 5.41) is 11.2. The number of halogens is 2. The van der Waals surface area contributed by atoms with E-state index in [1.165, 1.54) is 6.07 Å². The van der Waals surface area contributed by atoms with Gasteiger partial charge in [-0.05, 0) is 37.0 Å². The molecule has 2 aromatic rings. The van der Waals surface area contributed by atoms with Gasteiger partial charge in [-0.2, -0.15) is 5.10 Å². The fourth-order valence-corrected chi connectivity index (χ4v) is 3.53. The maximum Gasteiger partial charge on any atom is 0.191 e. The monoisotopic (exact) mass is 470 g/mol. The van der Waals surface area contributed by atoms with Gasteiger partial charge >= 0.3 is 0 Å². The van der Waals surface area contributed by atoms with Crippen LogP contribution in [0.25, 0.3) is 0 Å². The van der Waals surface area contributed by atoms with Gasteiger partial charge in [0.05, 0.1) is 6.54 Å². The molecule has 0 amide bonds. The molecule has 1 atom stereocenters. The Morgan fingerprint density at radius 2 is 2.27 bits per heavy atom. The third-order valence-electron chi connectivity index (χ3n) is 5.25. The molecule has 0 spiro atoms. The summed E-state index contributed by atoms with van der Waals surface area (Å²) < 4.78 is 15.5. The van der Waals surface area contributed by atoms with Crippen molar-refractivity contribution in [3.8, 4) is 0 Å². The highest BCUT2D eigenvalue weighted by Gasteiger charge is 2.44. The number of aliphatic imine (C=N–C) groups is 1. The zero-order valence-electron chi connectivity index (χ0n) is 14.8. The van der Waals surface area contributed by atoms with Crippen molar-refractivity contribution < 1.29 is 4.39 Å². The summed E-state index contributed by atoms with van der Waals surface area (Å²) in [7, 11) is 1.78. The van der Waals surface area contributed by atoms with Crippen molar-refractivity contribution in [3.63, 3.8) is 0 Å². The molecule has 1 saturated carbocycles. The molecule has 1 aromatic heterocycles. The van der Waals surface area contributed by atoms with Gasteiger partial charge in [-0.25, -0.2) is 14.1 Å². The Bertz CT molecular complexity index is 785. The van der Waals surface area contributed by atoms with Crippen LogP contribution < -0.4 is 10.6 Å². The second-order valence-electron chi connectivity index (χ2n) is 6.95. The summed E-state index contributed by atoms with van der Waals surface area (Å²) in [5.74, 6) is 1.66. The molecule has 2 heterocycles. The molecule has 4 rings (SSSR count). The molecule has 2 aliphatic rings. The predicted octanol–water partition coefficient (Wildman–Crippen LogP) is 2.25. The minimum Gasteiger partial charge on any atom is -0.356 e. The summed E-state index contributed by atoms with van der Waals surface area (Å²) in [4.78, 5) is 8.60. The van der Waals surface area contributed by atoms with E-state index in [4.69, 9.17) is 0 Å². The van der Waals surface area contributed by atoms with Crippen LogP contribution in [-0.4, -0.2) is 40.4 Å². The Kier molecular flexibility index (Phi) is 5.79. The molecule has 140 valence electrons. The molecule has 0 bridgehead atoms. The van der Waals surface area contributed by atoms with E-state index in [2.05, 4.69) is 25.7 Å². The number of benzene rings is 1. The van der Waals surface area contributed by atoms with Crippen LogP contribution >= 0.6 is 24.0 Å². The van der Waals surface area contributed by atoms with Gasteiger partial charge in [0.2, 0.25) is 0 Å². The van der Waals surface area contributed by atoms with Crippen LogP contribution in [-0.2, 0) is 18.4 Å². The SMILES string of the molecule is CN=C(NCC1(c2cccc(F)c2)CC1)NC1CCc2ncnn2C1.I. The van der Waals surface area contributed by atoms with Crippen LogP contribution in [0.4, 0.5) is 4.39 Å². The van der Waals surface area contributed by atoms with Crippen LogP contribution in [0.15, 0.2) is 35.6 Å². The van der Waals surface area contributed by atoms with Crippen LogP contribution in [0.3, 0.4) is 0 Å². The minimum absolute atomic E-state index is 0. The normalized spacial score (nSPS) is 20.7. The Labute approximate surface area is 169 Å². The van der Waals surface area contributed by atoms with E-state index in [0.29, 0.717) is 0 Å². The van der Waals surface area contributed by atoms with Crippen LogP contribution in [0.2, 0.25) is 0 Å². The lowest BCUT2D eigenvalue weighted by atomic mass is 9.96. The van der Waals surface area contributed by atoms with Crippen molar-refractivity contribution in [3.05, 3.63) is 47.8 Å². The first-order valence-corrected chi connectivity index (χ1v) is 8.78. The summed E-state index contributed by atoms with van der Waals surface area (Å²) in [6, 6.07) is 7.23. The fourth-order valence-electron chi connectivity index (χ4n) is 3.53. The molecule has 1 aliphatic carbocycles. The van der Waals surface area contributed by atoms with Crippen LogP contribution in [0, 0.1) is 5.82 Å². The Hall–Kier alpha value is -1.71. The molecular weight excluding hydrogens is 446 g/mol. The average molecular weight is 470 g/mol. The number of guanidine groups is 1. The average Bonchev–Trinajstić information content (AvgIpc) is 3.28. The lowest BCUT2D eigenvalue weighted by Gasteiger charge is -2.26. The molecule has 8 heteroatoms. The van der Waals surface area contributed by atoms with Crippen molar-refractivity contribution >= 4 is 29.9 Å². The predicted molar refractivity (Wildman–Crippen MR) is 109 cm³/mol. The first-order chi connectivity index (χ1) is 12.2. The molecule has 6 nitrogen and oxygen atoms in total. The highest BCUT2D eigenvalue weighted by atomic mass is 127. The maximum atomic E-state index is 13.5. The largest absolute Gasteiger partial charge is 0.356 e. The van der Waals surface area contributed by atoms with Crippen molar-refractivity contribution in [2.75, 3.05) is 13.6 Å². The van der Waals surface area contributed by atoms with Crippen LogP contribution in [0.5, 0.6) is 0 Å². The second-order valence-corrected chi connectivity index (χ2v) is 6.95. The number of hydrogen-bond acceptors (Lipinski definition) is 3. The van der Waals surface area contributed by atoms with Gasteiger partial charge in [0.25, 0.3) is 0 Å². The van der Waals surface area contributed by atoms with E-state index in [1.54, 1.807) is 25.5 Å². The quantitative estimate of drug-likeness (QED) is 0.409. The molecule has 0 saturated heterocycles. The van der Waals surface area contributed by atoms with E-state index in [0.717, 1.165) is 56.1 Å². The summed E-state index contributed by atoms with van der Waals surface area (Å²) in [5.41, 5.74) is 1.10. The lowest BCUT2D eigenvalue weighted by molar-refractivity contribution is 0.392. The smallest absolute Gasteiger partial charge is 0.191 e. The Morgan fingerprint density at radius 1 is 1.42 bits per heavy atom. The highest BCUT2D eigenvalue weighted by Crippen LogP contribution is 2.47. The van der Waals surface area contributed by atoms with Gasteiger partial charge in [-0.1, -0.05) is 12.1 Å². The molecule has 1 aromatic carbocycles. The number of fused-ring (bicyclic) bond motifs is 1. The first-order valence-electron chi connectivity index (χ1n) is 8.78. The van der Waals surface area contributed by atoms with Gasteiger partial charge in [-0.3, -0.25) is 4.99 Å². The minimum atomic E-state index is -0.169. The molecule has 1 unspecified atom stereocenters. The third-order valence-corrected chi connectivity index (χ3v) is 5.25. The van der Waals surface area contributed by atoms with Crippen molar-refractivity contribution in [2.24, 2.45) is 4.99 Å². The van der Waals surface area contributed by atoms with E-state index >= 15 is 0 Å². The van der Waals surface area contributed by atoms with E-state index in [9.17, 15) is 4.39 Å². The zero-order chi connectivity index (χ0) is 17.3. The Balaban J connectivity index is 0.00000196.